The van der Waals surface area contributed by atoms with Crippen LogP contribution in [0.5, 0.6) is 5.75 Å². The number of esters is 1. The van der Waals surface area contributed by atoms with Crippen LogP contribution in [0, 0.1) is 0 Å². The minimum atomic E-state index is -0.545. The monoisotopic (exact) mass is 319 g/mol. The van der Waals surface area contributed by atoms with Crippen molar-refractivity contribution in [2.45, 2.75) is 12.5 Å². The predicted octanol–water partition coefficient (Wildman–Crippen LogP) is 0.856. The summed E-state index contributed by atoms with van der Waals surface area (Å²) < 4.78 is 10.4. The lowest BCUT2D eigenvalue weighted by atomic mass is 10.3. The summed E-state index contributed by atoms with van der Waals surface area (Å²) in [6.45, 7) is 1.07. The van der Waals surface area contributed by atoms with E-state index in [9.17, 15) is 9.59 Å². The third kappa shape index (κ3) is 4.45. The van der Waals surface area contributed by atoms with E-state index in [0.717, 1.165) is 18.3 Å². The Kier molecular flexibility index (Phi) is 5.56. The molecule has 0 aliphatic carbocycles. The van der Waals surface area contributed by atoms with Crippen molar-refractivity contribution in [3.8, 4) is 5.75 Å². The van der Waals surface area contributed by atoms with Crippen molar-refractivity contribution in [1.82, 2.24) is 9.88 Å². The van der Waals surface area contributed by atoms with E-state index in [1.807, 2.05) is 31.1 Å². The van der Waals surface area contributed by atoms with E-state index in [1.165, 1.54) is 13.2 Å². The van der Waals surface area contributed by atoms with Crippen molar-refractivity contribution in [2.24, 2.45) is 0 Å². The first kappa shape index (κ1) is 16.8. The first-order valence-electron chi connectivity index (χ1n) is 7.35. The van der Waals surface area contributed by atoms with Gasteiger partial charge in [-0.15, -0.1) is 0 Å². The summed E-state index contributed by atoms with van der Waals surface area (Å²) in [6, 6.07) is 3.68. The number of likely N-dealkylation sites (tertiary alicyclic amines) is 1. The van der Waals surface area contributed by atoms with Gasteiger partial charge in [-0.25, -0.2) is 9.78 Å². The van der Waals surface area contributed by atoms with Crippen molar-refractivity contribution in [3.05, 3.63) is 30.5 Å². The van der Waals surface area contributed by atoms with Gasteiger partial charge in [0.25, 0.3) is 0 Å². The molecule has 2 rings (SSSR count). The molecule has 1 atom stereocenters. The molecule has 1 aliphatic rings. The van der Waals surface area contributed by atoms with E-state index in [0.29, 0.717) is 18.8 Å². The Balaban J connectivity index is 1.95. The number of methoxy groups -OCH3 is 1. The highest BCUT2D eigenvalue weighted by atomic mass is 16.5. The summed E-state index contributed by atoms with van der Waals surface area (Å²) in [6.07, 6.45) is 4.71. The van der Waals surface area contributed by atoms with Crippen molar-refractivity contribution < 1.29 is 19.1 Å². The quantitative estimate of drug-likeness (QED) is 0.592. The minimum Gasteiger partial charge on any atom is -0.485 e. The van der Waals surface area contributed by atoms with Gasteiger partial charge in [-0.05, 0) is 12.1 Å². The Bertz CT molecular complexity index is 601. The van der Waals surface area contributed by atoms with Gasteiger partial charge >= 0.3 is 5.97 Å². The number of ether oxygens (including phenoxy) is 2. The molecule has 0 aromatic carbocycles. The second-order valence-corrected chi connectivity index (χ2v) is 5.39. The van der Waals surface area contributed by atoms with Crippen molar-refractivity contribution in [2.75, 3.05) is 39.2 Å². The minimum absolute atomic E-state index is 0.0895. The van der Waals surface area contributed by atoms with Crippen molar-refractivity contribution >= 4 is 17.7 Å². The van der Waals surface area contributed by atoms with Gasteiger partial charge in [-0.1, -0.05) is 0 Å². The normalized spacial score (nSPS) is 17.3. The summed E-state index contributed by atoms with van der Waals surface area (Å²) in [7, 11) is 5.07. The van der Waals surface area contributed by atoms with Gasteiger partial charge in [0.15, 0.2) is 11.6 Å². The molecular weight excluding hydrogens is 298 g/mol. The fraction of sp³-hybridized carbons (Fsp3) is 0.438. The van der Waals surface area contributed by atoms with E-state index in [-0.39, 0.29) is 12.0 Å². The van der Waals surface area contributed by atoms with Gasteiger partial charge in [0.05, 0.1) is 13.7 Å². The molecule has 1 saturated heterocycles. The molecule has 124 valence electrons. The molecule has 0 unspecified atom stereocenters. The van der Waals surface area contributed by atoms with Crippen LogP contribution >= 0.6 is 0 Å². The number of pyridine rings is 1. The van der Waals surface area contributed by atoms with Gasteiger partial charge in [0.1, 0.15) is 6.10 Å². The second-order valence-electron chi connectivity index (χ2n) is 5.39. The van der Waals surface area contributed by atoms with Crippen LogP contribution in [0.25, 0.3) is 0 Å². The van der Waals surface area contributed by atoms with E-state index in [4.69, 9.17) is 4.74 Å². The SMILES string of the molecule is COC(=O)/C=C/C(=O)N1CC[C@H](Oc2cccnc2N(C)C)C1. The van der Waals surface area contributed by atoms with Gasteiger partial charge in [0, 0.05) is 45.4 Å². The molecule has 1 fully saturated rings. The van der Waals surface area contributed by atoms with Crippen LogP contribution < -0.4 is 9.64 Å². The van der Waals surface area contributed by atoms with Crippen LogP contribution in [0.2, 0.25) is 0 Å². The maximum Gasteiger partial charge on any atom is 0.330 e. The van der Waals surface area contributed by atoms with E-state index in [1.54, 1.807) is 11.1 Å². The summed E-state index contributed by atoms with van der Waals surface area (Å²) in [4.78, 5) is 30.8. The highest BCUT2D eigenvalue weighted by Gasteiger charge is 2.27. The Labute approximate surface area is 135 Å². The lowest BCUT2D eigenvalue weighted by molar-refractivity contribution is -0.135. The highest BCUT2D eigenvalue weighted by molar-refractivity contribution is 5.94. The Morgan fingerprint density at radius 3 is 2.87 bits per heavy atom. The summed E-state index contributed by atoms with van der Waals surface area (Å²) in [5.74, 6) is 0.682. The number of carbonyl (C=O) groups is 2. The number of hydrogen-bond donors (Lipinski definition) is 0. The number of anilines is 1. The van der Waals surface area contributed by atoms with Crippen LogP contribution in [0.3, 0.4) is 0 Å². The van der Waals surface area contributed by atoms with Crippen LogP contribution in [0.4, 0.5) is 5.82 Å². The number of hydrogen-bond acceptors (Lipinski definition) is 6. The van der Waals surface area contributed by atoms with Crippen molar-refractivity contribution in [3.63, 3.8) is 0 Å². The third-order valence-corrected chi connectivity index (χ3v) is 3.49. The molecule has 1 aromatic rings. The summed E-state index contributed by atoms with van der Waals surface area (Å²) in [5.41, 5.74) is 0. The molecule has 23 heavy (non-hydrogen) atoms. The first-order chi connectivity index (χ1) is 11.0. The summed E-state index contributed by atoms with van der Waals surface area (Å²) >= 11 is 0. The maximum absolute atomic E-state index is 12.0. The zero-order chi connectivity index (χ0) is 16.8. The molecule has 2 heterocycles. The highest BCUT2D eigenvalue weighted by Crippen LogP contribution is 2.26. The molecule has 7 nitrogen and oxygen atoms in total. The van der Waals surface area contributed by atoms with Crippen LogP contribution in [-0.4, -0.2) is 62.2 Å². The first-order valence-corrected chi connectivity index (χ1v) is 7.35. The second kappa shape index (κ2) is 7.62. The third-order valence-electron chi connectivity index (χ3n) is 3.49. The zero-order valence-corrected chi connectivity index (χ0v) is 13.6. The lowest BCUT2D eigenvalue weighted by Gasteiger charge is -2.20. The number of carbonyl (C=O) groups excluding carboxylic acids is 2. The number of amides is 1. The number of aromatic nitrogens is 1. The molecule has 0 radical (unpaired) electrons. The summed E-state index contributed by atoms with van der Waals surface area (Å²) in [5, 5.41) is 0. The Morgan fingerprint density at radius 2 is 2.17 bits per heavy atom. The average molecular weight is 319 g/mol. The van der Waals surface area contributed by atoms with E-state index in [2.05, 4.69) is 9.72 Å². The predicted molar refractivity (Wildman–Crippen MR) is 85.3 cm³/mol. The lowest BCUT2D eigenvalue weighted by Crippen LogP contribution is -2.30. The molecule has 0 spiro atoms. The number of rotatable bonds is 5. The van der Waals surface area contributed by atoms with Gasteiger partial charge in [0.2, 0.25) is 5.91 Å². The topological polar surface area (TPSA) is 72.0 Å². The fourth-order valence-electron chi connectivity index (χ4n) is 2.33. The fourth-order valence-corrected chi connectivity index (χ4v) is 2.33. The molecular formula is C16H21N3O4. The maximum atomic E-state index is 12.0. The Morgan fingerprint density at radius 1 is 1.39 bits per heavy atom. The van der Waals surface area contributed by atoms with Gasteiger partial charge in [-0.3, -0.25) is 4.79 Å². The van der Waals surface area contributed by atoms with Crippen LogP contribution in [-0.2, 0) is 14.3 Å². The van der Waals surface area contributed by atoms with Gasteiger partial charge < -0.3 is 19.3 Å². The Hall–Kier alpha value is -2.57. The molecule has 0 saturated carbocycles. The van der Waals surface area contributed by atoms with Crippen LogP contribution in [0.15, 0.2) is 30.5 Å². The molecule has 1 aliphatic heterocycles. The molecule has 1 amide bonds. The average Bonchev–Trinajstić information content (AvgIpc) is 3.01. The van der Waals surface area contributed by atoms with E-state index < -0.39 is 5.97 Å². The largest absolute Gasteiger partial charge is 0.485 e. The molecule has 0 bridgehead atoms. The smallest absolute Gasteiger partial charge is 0.330 e. The molecule has 1 aromatic heterocycles. The van der Waals surface area contributed by atoms with Crippen LogP contribution in [0.1, 0.15) is 6.42 Å². The molecule has 0 N–H and O–H groups in total. The van der Waals surface area contributed by atoms with E-state index >= 15 is 0 Å². The number of nitrogens with zero attached hydrogens (tertiary/aromatic N) is 3. The van der Waals surface area contributed by atoms with Crippen molar-refractivity contribution in [1.29, 1.82) is 0 Å². The zero-order valence-electron chi connectivity index (χ0n) is 13.6. The van der Waals surface area contributed by atoms with Gasteiger partial charge in [-0.2, -0.15) is 0 Å². The molecule has 7 heteroatoms. The standard InChI is InChI=1S/C16H21N3O4/c1-18(2)16-13(5-4-9-17-16)23-12-8-10-19(11-12)14(20)6-7-15(21)22-3/h4-7,9,12H,8,10-11H2,1-3H3/b7-6+/t12-/m0/s1.